The molecule has 2 amide bonds. The molecule has 3 aromatic rings. The first-order valence-electron chi connectivity index (χ1n) is 13.3. The standard InChI is InChI=1S/C31H35N3O5/c1-23(35)32-14-5-17-39-30-13-12-27(21-28(30)33-31(37)22-34-15-18-38-19-16-34)29(36)20-24-8-10-26(11-9-24)25-6-3-2-4-7-25/h2-4,6-13,21H,5,14-20,22H2,1H3,(H,32,35)(H,33,37). The van der Waals surface area contributed by atoms with Gasteiger partial charge in [-0.1, -0.05) is 54.6 Å². The number of Topliss-reactive ketones (excluding diaryl/α,β-unsaturated/α-hetero) is 1. The Morgan fingerprint density at radius 2 is 1.64 bits per heavy atom. The fourth-order valence-electron chi connectivity index (χ4n) is 4.33. The molecule has 0 aliphatic carbocycles. The second-order valence-electron chi connectivity index (χ2n) is 9.50. The number of carbonyl (C=O) groups is 3. The van der Waals surface area contributed by atoms with E-state index < -0.39 is 0 Å². The zero-order chi connectivity index (χ0) is 27.5. The minimum absolute atomic E-state index is 0.0525. The van der Waals surface area contributed by atoms with E-state index in [1.54, 1.807) is 18.2 Å². The van der Waals surface area contributed by atoms with Crippen LogP contribution >= 0.6 is 0 Å². The van der Waals surface area contributed by atoms with Crippen molar-refractivity contribution in [2.75, 3.05) is 51.3 Å². The van der Waals surface area contributed by atoms with Crippen molar-refractivity contribution in [3.63, 3.8) is 0 Å². The van der Waals surface area contributed by atoms with E-state index in [4.69, 9.17) is 9.47 Å². The van der Waals surface area contributed by atoms with Crippen molar-refractivity contribution in [3.05, 3.63) is 83.9 Å². The second kappa shape index (κ2) is 14.2. The topological polar surface area (TPSA) is 97.0 Å². The molecule has 8 heteroatoms. The molecule has 1 fully saturated rings. The summed E-state index contributed by atoms with van der Waals surface area (Å²) in [7, 11) is 0. The third-order valence-electron chi connectivity index (χ3n) is 6.42. The summed E-state index contributed by atoms with van der Waals surface area (Å²) in [6.07, 6.45) is 0.855. The van der Waals surface area contributed by atoms with Crippen molar-refractivity contribution in [2.45, 2.75) is 19.8 Å². The Labute approximate surface area is 229 Å². The Morgan fingerprint density at radius 1 is 0.923 bits per heavy atom. The van der Waals surface area contributed by atoms with Crippen LogP contribution < -0.4 is 15.4 Å². The summed E-state index contributed by atoms with van der Waals surface area (Å²) in [5, 5.41) is 5.67. The highest BCUT2D eigenvalue weighted by atomic mass is 16.5. The number of nitrogens with one attached hydrogen (secondary N) is 2. The molecule has 0 saturated carbocycles. The minimum atomic E-state index is -0.180. The summed E-state index contributed by atoms with van der Waals surface area (Å²) in [6.45, 7) is 5.15. The number of anilines is 1. The van der Waals surface area contributed by atoms with Gasteiger partial charge >= 0.3 is 0 Å². The van der Waals surface area contributed by atoms with Crippen molar-refractivity contribution in [1.29, 1.82) is 0 Å². The molecular weight excluding hydrogens is 494 g/mol. The van der Waals surface area contributed by atoms with E-state index in [1.165, 1.54) is 6.92 Å². The van der Waals surface area contributed by atoms with Gasteiger partial charge in [0.05, 0.1) is 32.1 Å². The normalized spacial score (nSPS) is 13.5. The molecule has 204 valence electrons. The van der Waals surface area contributed by atoms with Crippen LogP contribution in [0.1, 0.15) is 29.3 Å². The number of ether oxygens (including phenoxy) is 2. The Bertz CT molecular complexity index is 1250. The zero-order valence-electron chi connectivity index (χ0n) is 22.3. The molecule has 1 aliphatic heterocycles. The highest BCUT2D eigenvalue weighted by molar-refractivity contribution is 6.00. The van der Waals surface area contributed by atoms with Crippen molar-refractivity contribution in [1.82, 2.24) is 10.2 Å². The van der Waals surface area contributed by atoms with Gasteiger partial charge in [-0.25, -0.2) is 0 Å². The Hall–Kier alpha value is -4.01. The van der Waals surface area contributed by atoms with Crippen LogP contribution in [0, 0.1) is 0 Å². The lowest BCUT2D eigenvalue weighted by Crippen LogP contribution is -2.41. The van der Waals surface area contributed by atoms with E-state index in [2.05, 4.69) is 22.8 Å². The van der Waals surface area contributed by atoms with Crippen LogP contribution in [0.4, 0.5) is 5.69 Å². The van der Waals surface area contributed by atoms with E-state index in [1.807, 2.05) is 47.4 Å². The van der Waals surface area contributed by atoms with Gasteiger partial charge in [-0.15, -0.1) is 0 Å². The van der Waals surface area contributed by atoms with Crippen LogP contribution in [-0.2, 0) is 20.7 Å². The van der Waals surface area contributed by atoms with Crippen LogP contribution in [0.25, 0.3) is 11.1 Å². The van der Waals surface area contributed by atoms with Crippen LogP contribution in [0.3, 0.4) is 0 Å². The number of benzene rings is 3. The first-order chi connectivity index (χ1) is 19.0. The van der Waals surface area contributed by atoms with Crippen LogP contribution in [-0.4, -0.2) is 68.5 Å². The molecule has 0 unspecified atom stereocenters. The van der Waals surface area contributed by atoms with E-state index in [0.29, 0.717) is 62.9 Å². The Kier molecular flexibility index (Phi) is 10.2. The third kappa shape index (κ3) is 8.77. The first-order valence-corrected chi connectivity index (χ1v) is 13.3. The van der Waals surface area contributed by atoms with E-state index in [-0.39, 0.29) is 30.6 Å². The van der Waals surface area contributed by atoms with Crippen LogP contribution in [0.2, 0.25) is 0 Å². The Morgan fingerprint density at radius 3 is 2.36 bits per heavy atom. The molecule has 1 heterocycles. The molecule has 0 bridgehead atoms. The predicted octanol–water partition coefficient (Wildman–Crippen LogP) is 3.95. The highest BCUT2D eigenvalue weighted by Gasteiger charge is 2.17. The average Bonchev–Trinajstić information content (AvgIpc) is 2.94. The number of nitrogens with zero attached hydrogens (tertiary/aromatic N) is 1. The van der Waals surface area contributed by atoms with Crippen molar-refractivity contribution in [3.8, 4) is 16.9 Å². The molecule has 0 radical (unpaired) electrons. The summed E-state index contributed by atoms with van der Waals surface area (Å²) >= 11 is 0. The molecule has 3 aromatic carbocycles. The lowest BCUT2D eigenvalue weighted by atomic mass is 9.99. The maximum Gasteiger partial charge on any atom is 0.238 e. The summed E-state index contributed by atoms with van der Waals surface area (Å²) in [5.74, 6) is 0.157. The number of rotatable bonds is 12. The summed E-state index contributed by atoms with van der Waals surface area (Å²) in [6, 6.07) is 23.2. The lowest BCUT2D eigenvalue weighted by molar-refractivity contribution is -0.119. The van der Waals surface area contributed by atoms with E-state index >= 15 is 0 Å². The predicted molar refractivity (Wildman–Crippen MR) is 151 cm³/mol. The highest BCUT2D eigenvalue weighted by Crippen LogP contribution is 2.27. The molecule has 0 aromatic heterocycles. The van der Waals surface area contributed by atoms with Crippen LogP contribution in [0.5, 0.6) is 5.75 Å². The molecule has 39 heavy (non-hydrogen) atoms. The molecule has 8 nitrogen and oxygen atoms in total. The smallest absolute Gasteiger partial charge is 0.238 e. The van der Waals surface area contributed by atoms with Gasteiger partial charge in [0.15, 0.2) is 5.78 Å². The first kappa shape index (κ1) is 28.0. The monoisotopic (exact) mass is 529 g/mol. The Balaban J connectivity index is 1.43. The van der Waals surface area contributed by atoms with Gasteiger partial charge in [-0.3, -0.25) is 19.3 Å². The van der Waals surface area contributed by atoms with Crippen molar-refractivity contribution >= 4 is 23.3 Å². The van der Waals surface area contributed by atoms with Gasteiger partial charge in [0.2, 0.25) is 11.8 Å². The van der Waals surface area contributed by atoms with Gasteiger partial charge in [-0.05, 0) is 41.3 Å². The zero-order valence-corrected chi connectivity index (χ0v) is 22.3. The fourth-order valence-corrected chi connectivity index (χ4v) is 4.33. The van der Waals surface area contributed by atoms with Gasteiger partial charge in [0.25, 0.3) is 0 Å². The fraction of sp³-hybridized carbons (Fsp3) is 0.323. The summed E-state index contributed by atoms with van der Waals surface area (Å²) < 4.78 is 11.3. The number of hydrogen-bond donors (Lipinski definition) is 2. The number of amides is 2. The number of carbonyl (C=O) groups excluding carboxylic acids is 3. The van der Waals surface area contributed by atoms with Crippen LogP contribution in [0.15, 0.2) is 72.8 Å². The maximum absolute atomic E-state index is 13.2. The number of morpholine rings is 1. The van der Waals surface area contributed by atoms with Gasteiger partial charge in [-0.2, -0.15) is 0 Å². The van der Waals surface area contributed by atoms with Gasteiger partial charge in [0, 0.05) is 38.5 Å². The minimum Gasteiger partial charge on any atom is -0.491 e. The lowest BCUT2D eigenvalue weighted by Gasteiger charge is -2.26. The molecule has 0 atom stereocenters. The van der Waals surface area contributed by atoms with Crippen molar-refractivity contribution in [2.24, 2.45) is 0 Å². The van der Waals surface area contributed by atoms with Gasteiger partial charge < -0.3 is 20.1 Å². The van der Waals surface area contributed by atoms with Crippen molar-refractivity contribution < 1.29 is 23.9 Å². The van der Waals surface area contributed by atoms with Gasteiger partial charge in [0.1, 0.15) is 5.75 Å². The summed E-state index contributed by atoms with van der Waals surface area (Å²) in [4.78, 5) is 39.1. The third-order valence-corrected chi connectivity index (χ3v) is 6.42. The largest absolute Gasteiger partial charge is 0.491 e. The molecule has 1 saturated heterocycles. The maximum atomic E-state index is 13.2. The molecular formula is C31H35N3O5. The second-order valence-corrected chi connectivity index (χ2v) is 9.50. The van der Waals surface area contributed by atoms with E-state index in [9.17, 15) is 14.4 Å². The summed E-state index contributed by atoms with van der Waals surface area (Å²) in [5.41, 5.74) is 4.08. The molecule has 2 N–H and O–H groups in total. The molecule has 4 rings (SSSR count). The SMILES string of the molecule is CC(=O)NCCCOc1ccc(C(=O)Cc2ccc(-c3ccccc3)cc2)cc1NC(=O)CN1CCOCC1. The number of ketones is 1. The average molecular weight is 530 g/mol. The molecule has 1 aliphatic rings. The van der Waals surface area contributed by atoms with E-state index in [0.717, 1.165) is 16.7 Å². The number of hydrogen-bond acceptors (Lipinski definition) is 6. The molecule has 0 spiro atoms. The quantitative estimate of drug-likeness (QED) is 0.272.